The van der Waals surface area contributed by atoms with Gasteiger partial charge in [-0.05, 0) is 42.7 Å². The van der Waals surface area contributed by atoms with Crippen LogP contribution in [0.1, 0.15) is 33.9 Å². The SMILES string of the molecule is Cc1ccccc1C(=O)N1CCN(C2CC(c3ccc(F)cc3)NN2)CC1. The summed E-state index contributed by atoms with van der Waals surface area (Å²) in [6.07, 6.45) is 1.13. The van der Waals surface area contributed by atoms with Crippen molar-refractivity contribution in [2.75, 3.05) is 26.2 Å². The van der Waals surface area contributed by atoms with Crippen LogP contribution in [0.25, 0.3) is 0 Å². The van der Waals surface area contributed by atoms with Crippen molar-refractivity contribution >= 4 is 5.91 Å². The monoisotopic (exact) mass is 368 g/mol. The van der Waals surface area contributed by atoms with E-state index in [1.165, 1.54) is 12.1 Å². The highest BCUT2D eigenvalue weighted by molar-refractivity contribution is 5.95. The van der Waals surface area contributed by atoms with Gasteiger partial charge in [0.15, 0.2) is 0 Å². The molecule has 5 nitrogen and oxygen atoms in total. The number of amides is 1. The average Bonchev–Trinajstić information content (AvgIpc) is 3.19. The quantitative estimate of drug-likeness (QED) is 0.874. The van der Waals surface area contributed by atoms with Crippen molar-refractivity contribution in [3.63, 3.8) is 0 Å². The van der Waals surface area contributed by atoms with Crippen molar-refractivity contribution in [1.82, 2.24) is 20.7 Å². The molecule has 2 aliphatic heterocycles. The fourth-order valence-electron chi connectivity index (χ4n) is 3.91. The van der Waals surface area contributed by atoms with Crippen LogP contribution in [-0.2, 0) is 0 Å². The van der Waals surface area contributed by atoms with Crippen LogP contribution in [0.4, 0.5) is 4.39 Å². The van der Waals surface area contributed by atoms with E-state index in [2.05, 4.69) is 15.8 Å². The Kier molecular flexibility index (Phi) is 5.20. The number of piperazine rings is 1. The molecular weight excluding hydrogens is 343 g/mol. The molecule has 2 unspecified atom stereocenters. The standard InChI is InChI=1S/C21H25FN4O/c1-15-4-2-3-5-18(15)21(27)26-12-10-25(11-13-26)20-14-19(23-24-20)16-6-8-17(22)9-7-16/h2-9,19-20,23-24H,10-14H2,1H3. The van der Waals surface area contributed by atoms with Gasteiger partial charge in [-0.15, -0.1) is 0 Å². The number of halogens is 1. The van der Waals surface area contributed by atoms with Crippen molar-refractivity contribution in [3.8, 4) is 0 Å². The van der Waals surface area contributed by atoms with Gasteiger partial charge in [-0.1, -0.05) is 30.3 Å². The number of carbonyl (C=O) groups excluding carboxylic acids is 1. The summed E-state index contributed by atoms with van der Waals surface area (Å²) in [5.74, 6) is -0.0925. The molecule has 2 aromatic rings. The van der Waals surface area contributed by atoms with Gasteiger partial charge >= 0.3 is 0 Å². The fraction of sp³-hybridized carbons (Fsp3) is 0.381. The molecule has 142 valence electrons. The number of hydrazine groups is 1. The number of nitrogens with one attached hydrogen (secondary N) is 2. The van der Waals surface area contributed by atoms with Gasteiger partial charge in [0.05, 0.1) is 6.17 Å². The maximum absolute atomic E-state index is 13.1. The summed E-state index contributed by atoms with van der Waals surface area (Å²) in [6.45, 7) is 5.12. The number of aryl methyl sites for hydroxylation is 1. The van der Waals surface area contributed by atoms with Gasteiger partial charge in [0.2, 0.25) is 0 Å². The zero-order valence-electron chi connectivity index (χ0n) is 15.5. The Hall–Kier alpha value is -2.28. The lowest BCUT2D eigenvalue weighted by Crippen LogP contribution is -2.55. The molecule has 6 heteroatoms. The third-order valence-electron chi connectivity index (χ3n) is 5.57. The van der Waals surface area contributed by atoms with Crippen LogP contribution in [-0.4, -0.2) is 48.1 Å². The molecule has 0 spiro atoms. The summed E-state index contributed by atoms with van der Waals surface area (Å²) in [5, 5.41) is 0. The van der Waals surface area contributed by atoms with Crippen molar-refractivity contribution in [1.29, 1.82) is 0 Å². The van der Waals surface area contributed by atoms with Gasteiger partial charge in [0.25, 0.3) is 5.91 Å². The highest BCUT2D eigenvalue weighted by atomic mass is 19.1. The first-order valence-electron chi connectivity index (χ1n) is 9.47. The zero-order chi connectivity index (χ0) is 18.8. The Bertz CT molecular complexity index is 802. The Balaban J connectivity index is 1.33. The van der Waals surface area contributed by atoms with Gasteiger partial charge in [-0.3, -0.25) is 9.69 Å². The predicted molar refractivity (Wildman–Crippen MR) is 102 cm³/mol. The van der Waals surface area contributed by atoms with Crippen LogP contribution in [0.15, 0.2) is 48.5 Å². The van der Waals surface area contributed by atoms with E-state index < -0.39 is 0 Å². The molecule has 2 atom stereocenters. The number of rotatable bonds is 3. The second kappa shape index (κ2) is 7.76. The maximum atomic E-state index is 13.1. The molecule has 2 aliphatic rings. The smallest absolute Gasteiger partial charge is 0.254 e. The molecule has 2 N–H and O–H groups in total. The second-order valence-electron chi connectivity index (χ2n) is 7.29. The van der Waals surface area contributed by atoms with Crippen LogP contribution >= 0.6 is 0 Å². The van der Waals surface area contributed by atoms with Gasteiger partial charge in [-0.25, -0.2) is 15.2 Å². The van der Waals surface area contributed by atoms with E-state index in [0.717, 1.165) is 49.3 Å². The fourth-order valence-corrected chi connectivity index (χ4v) is 3.91. The molecule has 2 heterocycles. The average molecular weight is 368 g/mol. The van der Waals surface area contributed by atoms with Crippen LogP contribution in [0.2, 0.25) is 0 Å². The van der Waals surface area contributed by atoms with Gasteiger partial charge in [0.1, 0.15) is 5.82 Å². The molecule has 27 heavy (non-hydrogen) atoms. The summed E-state index contributed by atoms with van der Waals surface area (Å²) < 4.78 is 13.1. The van der Waals surface area contributed by atoms with E-state index in [-0.39, 0.29) is 23.9 Å². The first-order valence-corrected chi connectivity index (χ1v) is 9.47. The van der Waals surface area contributed by atoms with Gasteiger partial charge in [0, 0.05) is 37.8 Å². The minimum atomic E-state index is -0.212. The summed E-state index contributed by atoms with van der Waals surface area (Å²) in [4.78, 5) is 17.1. The van der Waals surface area contributed by atoms with E-state index in [0.29, 0.717) is 0 Å². The van der Waals surface area contributed by atoms with Crippen molar-refractivity contribution in [3.05, 3.63) is 71.0 Å². The third kappa shape index (κ3) is 3.88. The van der Waals surface area contributed by atoms with Crippen LogP contribution in [0.5, 0.6) is 0 Å². The van der Waals surface area contributed by atoms with Crippen molar-refractivity contribution in [2.45, 2.75) is 25.6 Å². The highest BCUT2D eigenvalue weighted by Crippen LogP contribution is 2.25. The number of hydrogen-bond acceptors (Lipinski definition) is 4. The minimum Gasteiger partial charge on any atom is -0.336 e. The number of hydrogen-bond donors (Lipinski definition) is 2. The molecule has 4 rings (SSSR count). The van der Waals surface area contributed by atoms with E-state index in [9.17, 15) is 9.18 Å². The van der Waals surface area contributed by atoms with Gasteiger partial charge < -0.3 is 4.90 Å². The van der Waals surface area contributed by atoms with E-state index in [1.807, 2.05) is 48.2 Å². The molecule has 2 saturated heterocycles. The topological polar surface area (TPSA) is 47.6 Å². The lowest BCUT2D eigenvalue weighted by molar-refractivity contribution is 0.0544. The van der Waals surface area contributed by atoms with E-state index in [1.54, 1.807) is 0 Å². The predicted octanol–water partition coefficient (Wildman–Crippen LogP) is 2.46. The zero-order valence-corrected chi connectivity index (χ0v) is 15.5. The van der Waals surface area contributed by atoms with Crippen LogP contribution in [0.3, 0.4) is 0 Å². The maximum Gasteiger partial charge on any atom is 0.254 e. The van der Waals surface area contributed by atoms with E-state index in [4.69, 9.17) is 0 Å². The number of benzene rings is 2. The molecule has 2 aromatic carbocycles. The minimum absolute atomic E-state index is 0.120. The number of carbonyl (C=O) groups is 1. The highest BCUT2D eigenvalue weighted by Gasteiger charge is 2.32. The number of nitrogens with zero attached hydrogens (tertiary/aromatic N) is 2. The molecule has 0 aromatic heterocycles. The Labute approximate surface area is 159 Å². The first-order chi connectivity index (χ1) is 13.1. The van der Waals surface area contributed by atoms with Crippen LogP contribution in [0, 0.1) is 12.7 Å². The van der Waals surface area contributed by atoms with Crippen molar-refractivity contribution < 1.29 is 9.18 Å². The van der Waals surface area contributed by atoms with Gasteiger partial charge in [-0.2, -0.15) is 0 Å². The summed E-state index contributed by atoms with van der Waals surface area (Å²) >= 11 is 0. The molecular formula is C21H25FN4O. The molecule has 1 amide bonds. The lowest BCUT2D eigenvalue weighted by atomic mass is 10.0. The molecule has 0 saturated carbocycles. The molecule has 0 bridgehead atoms. The lowest BCUT2D eigenvalue weighted by Gasteiger charge is -2.37. The Morgan fingerprint density at radius 3 is 2.41 bits per heavy atom. The third-order valence-corrected chi connectivity index (χ3v) is 5.57. The summed E-state index contributed by atoms with van der Waals surface area (Å²) in [7, 11) is 0. The molecule has 2 fully saturated rings. The van der Waals surface area contributed by atoms with Crippen molar-refractivity contribution in [2.24, 2.45) is 0 Å². The normalized spacial score (nSPS) is 23.6. The Morgan fingerprint density at radius 1 is 1.00 bits per heavy atom. The summed E-state index contributed by atoms with van der Waals surface area (Å²) in [5.41, 5.74) is 9.56. The first kappa shape index (κ1) is 18.1. The molecule has 0 aliphatic carbocycles. The van der Waals surface area contributed by atoms with Crippen LogP contribution < -0.4 is 10.9 Å². The summed E-state index contributed by atoms with van der Waals surface area (Å²) in [6, 6.07) is 14.6. The second-order valence-corrected chi connectivity index (χ2v) is 7.29. The largest absolute Gasteiger partial charge is 0.336 e. The molecule has 0 radical (unpaired) electrons. The van der Waals surface area contributed by atoms with E-state index >= 15 is 0 Å². The Morgan fingerprint density at radius 2 is 1.70 bits per heavy atom.